The lowest BCUT2D eigenvalue weighted by Crippen LogP contribution is -2.13. The second kappa shape index (κ2) is 7.51. The highest BCUT2D eigenvalue weighted by molar-refractivity contribution is 7.99. The summed E-state index contributed by atoms with van der Waals surface area (Å²) in [4.78, 5) is 19.7. The van der Waals surface area contributed by atoms with Crippen LogP contribution >= 0.6 is 23.3 Å². The molecule has 0 atom stereocenters. The van der Waals surface area contributed by atoms with E-state index in [9.17, 15) is 10.1 Å². The smallest absolute Gasteiger partial charge is 0.268 e. The molecule has 2 aromatic heterocycles. The number of carbonyl (C=O) groups is 1. The van der Waals surface area contributed by atoms with Crippen molar-refractivity contribution in [3.8, 4) is 6.07 Å². The van der Waals surface area contributed by atoms with Gasteiger partial charge in [-0.05, 0) is 12.1 Å². The molecule has 1 aromatic carbocycles. The lowest BCUT2D eigenvalue weighted by atomic mass is 10.1. The summed E-state index contributed by atoms with van der Waals surface area (Å²) in [5.74, 6) is -0.495. The lowest BCUT2D eigenvalue weighted by Gasteiger charge is -2.00. The van der Waals surface area contributed by atoms with Gasteiger partial charge >= 0.3 is 0 Å². The van der Waals surface area contributed by atoms with Crippen molar-refractivity contribution in [2.75, 3.05) is 5.32 Å². The lowest BCUT2D eigenvalue weighted by molar-refractivity contribution is -0.112. The van der Waals surface area contributed by atoms with E-state index in [0.717, 1.165) is 28.0 Å². The summed E-state index contributed by atoms with van der Waals surface area (Å²) in [5, 5.41) is 14.3. The van der Waals surface area contributed by atoms with Crippen LogP contribution in [0.15, 0.2) is 41.2 Å². The molecule has 25 heavy (non-hydrogen) atoms. The van der Waals surface area contributed by atoms with Crippen LogP contribution in [-0.2, 0) is 4.79 Å². The molecule has 0 aliphatic carbocycles. The molecule has 126 valence electrons. The first-order chi connectivity index (χ1) is 12.1. The Labute approximate surface area is 153 Å². The van der Waals surface area contributed by atoms with Crippen molar-refractivity contribution in [3.63, 3.8) is 0 Å². The van der Waals surface area contributed by atoms with E-state index in [1.807, 2.05) is 44.2 Å². The number of benzene rings is 1. The van der Waals surface area contributed by atoms with Gasteiger partial charge in [-0.3, -0.25) is 10.1 Å². The molecule has 1 amide bonds. The first kappa shape index (κ1) is 17.2. The van der Waals surface area contributed by atoms with Crippen LogP contribution in [0.2, 0.25) is 0 Å². The zero-order valence-corrected chi connectivity index (χ0v) is 15.2. The number of aromatic nitrogens is 3. The Morgan fingerprint density at radius 3 is 3.00 bits per heavy atom. The molecular weight excluding hydrogens is 354 g/mol. The number of nitrogens with one attached hydrogen (secondary N) is 2. The molecule has 0 spiro atoms. The van der Waals surface area contributed by atoms with Crippen LogP contribution in [0.3, 0.4) is 0 Å². The number of anilines is 1. The maximum absolute atomic E-state index is 12.4. The number of carbonyl (C=O) groups excluding carboxylic acids is 1. The second-order valence-electron chi connectivity index (χ2n) is 5.46. The molecule has 6 nitrogen and oxygen atoms in total. The zero-order valence-electron chi connectivity index (χ0n) is 13.6. The van der Waals surface area contributed by atoms with Gasteiger partial charge in [-0.25, -0.2) is 0 Å². The van der Waals surface area contributed by atoms with Crippen LogP contribution in [0.1, 0.15) is 19.4 Å². The Morgan fingerprint density at radius 1 is 1.44 bits per heavy atom. The maximum atomic E-state index is 12.4. The van der Waals surface area contributed by atoms with Crippen molar-refractivity contribution >= 4 is 51.3 Å². The van der Waals surface area contributed by atoms with E-state index in [-0.39, 0.29) is 5.57 Å². The number of nitriles is 1. The van der Waals surface area contributed by atoms with E-state index in [1.54, 1.807) is 12.3 Å². The average Bonchev–Trinajstić information content (AvgIpc) is 3.19. The third-order valence-electron chi connectivity index (χ3n) is 3.26. The number of hydrogen-bond acceptors (Lipinski definition) is 6. The number of rotatable bonds is 5. The predicted octanol–water partition coefficient (Wildman–Crippen LogP) is 4.07. The fraction of sp³-hybridized carbons (Fsp3) is 0.176. The van der Waals surface area contributed by atoms with Crippen LogP contribution in [-0.4, -0.2) is 25.5 Å². The van der Waals surface area contributed by atoms with Crippen LogP contribution in [0.4, 0.5) is 5.13 Å². The van der Waals surface area contributed by atoms with Gasteiger partial charge in [0.15, 0.2) is 0 Å². The van der Waals surface area contributed by atoms with E-state index in [1.165, 1.54) is 11.8 Å². The maximum Gasteiger partial charge on any atom is 0.268 e. The van der Waals surface area contributed by atoms with Crippen LogP contribution in [0.5, 0.6) is 0 Å². The normalized spacial score (nSPS) is 11.7. The van der Waals surface area contributed by atoms with Crippen molar-refractivity contribution in [1.29, 1.82) is 5.26 Å². The highest BCUT2D eigenvalue weighted by atomic mass is 32.2. The van der Waals surface area contributed by atoms with Crippen molar-refractivity contribution < 1.29 is 4.79 Å². The Hall–Kier alpha value is -2.63. The minimum Gasteiger partial charge on any atom is -0.361 e. The molecule has 2 heterocycles. The van der Waals surface area contributed by atoms with Gasteiger partial charge < -0.3 is 4.98 Å². The van der Waals surface area contributed by atoms with Gasteiger partial charge in [0.25, 0.3) is 5.91 Å². The minimum atomic E-state index is -0.495. The van der Waals surface area contributed by atoms with Crippen LogP contribution in [0.25, 0.3) is 17.0 Å². The Morgan fingerprint density at radius 2 is 2.24 bits per heavy atom. The summed E-state index contributed by atoms with van der Waals surface area (Å²) < 4.78 is 4.18. The van der Waals surface area contributed by atoms with Gasteiger partial charge in [0, 0.05) is 39.4 Å². The highest BCUT2D eigenvalue weighted by Gasteiger charge is 2.14. The number of aromatic amines is 1. The Bertz CT molecular complexity index is 980. The number of hydrogen-bond donors (Lipinski definition) is 2. The summed E-state index contributed by atoms with van der Waals surface area (Å²) in [6, 6.07) is 9.66. The van der Waals surface area contributed by atoms with Crippen molar-refractivity contribution in [3.05, 3.63) is 41.6 Å². The molecule has 0 saturated carbocycles. The van der Waals surface area contributed by atoms with Gasteiger partial charge in [0.1, 0.15) is 11.6 Å². The largest absolute Gasteiger partial charge is 0.361 e. The number of para-hydroxylation sites is 1. The SMILES string of the molecule is CC(C)Sc1nsc(NC(=O)/C(C#N)=C\c2c[nH]c3ccccc23)n1. The summed E-state index contributed by atoms with van der Waals surface area (Å²) in [5.41, 5.74) is 1.75. The van der Waals surface area contributed by atoms with E-state index in [0.29, 0.717) is 15.5 Å². The second-order valence-corrected chi connectivity index (χ2v) is 7.76. The van der Waals surface area contributed by atoms with Crippen molar-refractivity contribution in [2.45, 2.75) is 24.3 Å². The molecule has 0 unspecified atom stereocenters. The van der Waals surface area contributed by atoms with E-state index in [2.05, 4.69) is 19.7 Å². The van der Waals surface area contributed by atoms with Crippen LogP contribution in [0, 0.1) is 11.3 Å². The van der Waals surface area contributed by atoms with Gasteiger partial charge in [0.2, 0.25) is 10.3 Å². The number of amides is 1. The van der Waals surface area contributed by atoms with E-state index < -0.39 is 5.91 Å². The summed E-state index contributed by atoms with van der Waals surface area (Å²) >= 11 is 2.62. The van der Waals surface area contributed by atoms with E-state index >= 15 is 0 Å². The predicted molar refractivity (Wildman–Crippen MR) is 101 cm³/mol. The summed E-state index contributed by atoms with van der Waals surface area (Å²) in [6.45, 7) is 4.09. The Balaban J connectivity index is 1.79. The van der Waals surface area contributed by atoms with Crippen molar-refractivity contribution in [1.82, 2.24) is 14.3 Å². The third kappa shape index (κ3) is 4.07. The standard InChI is InChI=1S/C17H15N5OS2/c1-10(2)24-17-21-16(25-22-17)20-15(23)11(8-18)7-12-9-19-14-6-4-3-5-13(12)14/h3-7,9-10,19H,1-2H3,(H,20,21,22,23)/b11-7-. The fourth-order valence-corrected chi connectivity index (χ4v) is 3.58. The number of H-pyrrole nitrogens is 1. The average molecular weight is 369 g/mol. The van der Waals surface area contributed by atoms with E-state index in [4.69, 9.17) is 0 Å². The Kier molecular flexibility index (Phi) is 5.16. The molecule has 0 fully saturated rings. The molecule has 0 radical (unpaired) electrons. The molecule has 3 rings (SSSR count). The molecule has 2 N–H and O–H groups in total. The third-order valence-corrected chi connectivity index (χ3v) is 4.87. The molecular formula is C17H15N5OS2. The van der Waals surface area contributed by atoms with Gasteiger partial charge in [-0.1, -0.05) is 43.8 Å². The molecule has 3 aromatic rings. The first-order valence-corrected chi connectivity index (χ1v) is 9.21. The van der Waals surface area contributed by atoms with Crippen molar-refractivity contribution in [2.24, 2.45) is 0 Å². The topological polar surface area (TPSA) is 94.5 Å². The molecule has 0 aliphatic rings. The fourth-order valence-electron chi connectivity index (χ4n) is 2.20. The molecule has 0 saturated heterocycles. The van der Waals surface area contributed by atoms with Gasteiger partial charge in [0.05, 0.1) is 0 Å². The first-order valence-electron chi connectivity index (χ1n) is 7.56. The number of thioether (sulfide) groups is 1. The zero-order chi connectivity index (χ0) is 17.8. The summed E-state index contributed by atoms with van der Waals surface area (Å²) in [6.07, 6.45) is 3.34. The van der Waals surface area contributed by atoms with Gasteiger partial charge in [-0.15, -0.1) is 0 Å². The van der Waals surface area contributed by atoms with Crippen LogP contribution < -0.4 is 5.32 Å². The number of nitrogens with zero attached hydrogens (tertiary/aromatic N) is 3. The monoisotopic (exact) mass is 369 g/mol. The molecule has 0 aliphatic heterocycles. The van der Waals surface area contributed by atoms with Gasteiger partial charge in [-0.2, -0.15) is 14.6 Å². The molecule has 0 bridgehead atoms. The minimum absolute atomic E-state index is 0.0121. The molecule has 8 heteroatoms. The highest BCUT2D eigenvalue weighted by Crippen LogP contribution is 2.24. The number of fused-ring (bicyclic) bond motifs is 1. The summed E-state index contributed by atoms with van der Waals surface area (Å²) in [7, 11) is 0. The quantitative estimate of drug-likeness (QED) is 0.402.